The topological polar surface area (TPSA) is 86.8 Å². The Hall–Kier alpha value is -3.01. The lowest BCUT2D eigenvalue weighted by atomic mass is 9.82. The number of aliphatic imine (C=N–C) groups is 1. The second-order valence-corrected chi connectivity index (χ2v) is 6.95. The number of carbonyl (C=O) groups is 1. The summed E-state index contributed by atoms with van der Waals surface area (Å²) >= 11 is 0. The van der Waals surface area contributed by atoms with Crippen molar-refractivity contribution in [1.29, 1.82) is 0 Å². The van der Waals surface area contributed by atoms with Gasteiger partial charge in [0.05, 0.1) is 6.20 Å². The Morgan fingerprint density at radius 1 is 1.30 bits per heavy atom. The van der Waals surface area contributed by atoms with Crippen LogP contribution in [0.3, 0.4) is 0 Å². The van der Waals surface area contributed by atoms with Gasteiger partial charge in [-0.2, -0.15) is 0 Å². The molecule has 0 unspecified atom stereocenters. The van der Waals surface area contributed by atoms with Gasteiger partial charge in [-0.15, -0.1) is 0 Å². The van der Waals surface area contributed by atoms with Crippen LogP contribution in [0.4, 0.5) is 17.6 Å². The van der Waals surface area contributed by atoms with Gasteiger partial charge in [0.1, 0.15) is 29.0 Å². The summed E-state index contributed by atoms with van der Waals surface area (Å²) in [6.45, 7) is 1.40. The maximum absolute atomic E-state index is 14.7. The number of benzene rings is 1. The highest BCUT2D eigenvalue weighted by atomic mass is 19.3. The number of rotatable bonds is 6. The van der Waals surface area contributed by atoms with E-state index in [0.29, 0.717) is 5.56 Å². The molecule has 2 heterocycles. The van der Waals surface area contributed by atoms with E-state index in [2.05, 4.69) is 9.98 Å². The molecule has 2 aromatic rings. The number of amidine groups is 1. The van der Waals surface area contributed by atoms with E-state index in [9.17, 15) is 22.4 Å². The van der Waals surface area contributed by atoms with Gasteiger partial charge in [0, 0.05) is 19.1 Å². The number of nitrogens with two attached hydrogens (primary N) is 1. The third-order valence-corrected chi connectivity index (χ3v) is 4.91. The van der Waals surface area contributed by atoms with E-state index < -0.39 is 47.6 Å². The fourth-order valence-electron chi connectivity index (χ4n) is 3.49. The number of carbonyl (C=O) groups excluding carboxylic acids is 1. The molecule has 0 saturated carbocycles. The lowest BCUT2D eigenvalue weighted by molar-refractivity contribution is -0.121. The van der Waals surface area contributed by atoms with E-state index in [0.717, 1.165) is 18.3 Å². The largest absolute Gasteiger partial charge is 0.453 e. The minimum atomic E-state index is -2.96. The molecule has 160 valence electrons. The summed E-state index contributed by atoms with van der Waals surface area (Å²) in [5.41, 5.74) is 4.28. The van der Waals surface area contributed by atoms with E-state index in [1.165, 1.54) is 32.2 Å². The van der Waals surface area contributed by atoms with E-state index in [4.69, 9.17) is 15.2 Å². The number of hydrogen-bond acceptors (Lipinski definition) is 6. The summed E-state index contributed by atoms with van der Waals surface area (Å²) in [6.07, 6.45) is -5.32. The maximum Gasteiger partial charge on any atom is 0.283 e. The predicted octanol–water partition coefficient (Wildman–Crippen LogP) is 2.99. The van der Waals surface area contributed by atoms with Crippen molar-refractivity contribution in [3.8, 4) is 0 Å². The summed E-state index contributed by atoms with van der Waals surface area (Å²) in [4.78, 5) is 20.2. The zero-order chi connectivity index (χ0) is 22.1. The molecule has 1 aromatic heterocycles. The number of methoxy groups -OCH3 is 1. The van der Waals surface area contributed by atoms with Gasteiger partial charge in [0.2, 0.25) is 0 Å². The number of halogens is 4. The minimum Gasteiger partial charge on any atom is -0.453 e. The van der Waals surface area contributed by atoms with Gasteiger partial charge in [-0.1, -0.05) is 6.07 Å². The lowest BCUT2D eigenvalue weighted by Crippen LogP contribution is -2.55. The highest BCUT2D eigenvalue weighted by Crippen LogP contribution is 2.39. The van der Waals surface area contributed by atoms with Crippen LogP contribution in [0.1, 0.15) is 28.5 Å². The monoisotopic (exact) mass is 425 g/mol. The number of Topliss-reactive ketones (excluding diaryl/α,β-unsaturated/α-hetero) is 1. The fourth-order valence-corrected chi connectivity index (χ4v) is 3.49. The van der Waals surface area contributed by atoms with E-state index in [1.807, 2.05) is 0 Å². The molecule has 3 rings (SSSR count). The lowest BCUT2D eigenvalue weighted by Gasteiger charge is -2.41. The number of ketones is 1. The second kappa shape index (κ2) is 8.39. The van der Waals surface area contributed by atoms with Crippen LogP contribution >= 0.6 is 0 Å². The Bertz CT molecular complexity index is 968. The third-order valence-electron chi connectivity index (χ3n) is 4.91. The Balaban J connectivity index is 1.98. The molecule has 1 aliphatic rings. The van der Waals surface area contributed by atoms with Crippen LogP contribution in [0.5, 0.6) is 0 Å². The number of ether oxygens (including phenoxy) is 2. The van der Waals surface area contributed by atoms with Crippen molar-refractivity contribution in [2.75, 3.05) is 7.11 Å². The molecular weight excluding hydrogens is 406 g/mol. The van der Waals surface area contributed by atoms with Crippen LogP contribution in [-0.2, 0) is 21.4 Å². The highest BCUT2D eigenvalue weighted by Gasteiger charge is 2.51. The zero-order valence-corrected chi connectivity index (χ0v) is 16.1. The van der Waals surface area contributed by atoms with Crippen LogP contribution in [0.2, 0.25) is 0 Å². The number of hydrogen-bond donors (Lipinski definition) is 1. The first-order valence-corrected chi connectivity index (χ1v) is 8.92. The van der Waals surface area contributed by atoms with Crippen LogP contribution in [0.25, 0.3) is 0 Å². The van der Waals surface area contributed by atoms with Crippen molar-refractivity contribution < 1.29 is 31.8 Å². The quantitative estimate of drug-likeness (QED) is 0.568. The van der Waals surface area contributed by atoms with Crippen LogP contribution in [0.15, 0.2) is 41.5 Å². The van der Waals surface area contributed by atoms with Crippen LogP contribution in [0, 0.1) is 11.6 Å². The van der Waals surface area contributed by atoms with E-state index >= 15 is 0 Å². The van der Waals surface area contributed by atoms with Crippen molar-refractivity contribution in [1.82, 2.24) is 4.98 Å². The molecule has 0 bridgehead atoms. The molecule has 10 heteroatoms. The van der Waals surface area contributed by atoms with E-state index in [-0.39, 0.29) is 17.7 Å². The molecule has 0 aliphatic carbocycles. The van der Waals surface area contributed by atoms with Crippen molar-refractivity contribution in [3.63, 3.8) is 0 Å². The number of nitrogens with zero attached hydrogens (tertiary/aromatic N) is 2. The molecule has 0 amide bonds. The summed E-state index contributed by atoms with van der Waals surface area (Å²) in [7, 11) is 1.18. The average molecular weight is 425 g/mol. The molecule has 0 saturated heterocycles. The van der Waals surface area contributed by atoms with Crippen molar-refractivity contribution in [2.45, 2.75) is 37.5 Å². The highest BCUT2D eigenvalue weighted by molar-refractivity contribution is 5.95. The predicted molar refractivity (Wildman–Crippen MR) is 99.3 cm³/mol. The molecule has 2 N–H and O–H groups in total. The summed E-state index contributed by atoms with van der Waals surface area (Å²) in [5.74, 6) is -1.75. The molecule has 0 fully saturated rings. The Labute approximate surface area is 169 Å². The van der Waals surface area contributed by atoms with Gasteiger partial charge in [-0.3, -0.25) is 9.78 Å². The number of pyridine rings is 1. The normalized spacial score (nSPS) is 23.8. The molecule has 3 atom stereocenters. The van der Waals surface area contributed by atoms with Gasteiger partial charge in [0.25, 0.3) is 12.4 Å². The molecule has 1 aromatic carbocycles. The van der Waals surface area contributed by atoms with E-state index in [1.54, 1.807) is 0 Å². The average Bonchev–Trinajstić information content (AvgIpc) is 2.69. The Morgan fingerprint density at radius 2 is 2.03 bits per heavy atom. The van der Waals surface area contributed by atoms with Crippen molar-refractivity contribution in [3.05, 3.63) is 65.0 Å². The first-order valence-electron chi connectivity index (χ1n) is 8.92. The van der Waals surface area contributed by atoms with Crippen molar-refractivity contribution >= 4 is 11.8 Å². The second-order valence-electron chi connectivity index (χ2n) is 6.95. The maximum atomic E-state index is 14.7. The SMILES string of the molecule is CO[C@H]1[C@@H](C(F)F)OC(N)=N[C@]1(C)c1cc(CC(=O)c2ccc(F)cn2)ccc1F. The van der Waals surface area contributed by atoms with Gasteiger partial charge >= 0.3 is 0 Å². The minimum absolute atomic E-state index is 0.0364. The van der Waals surface area contributed by atoms with Gasteiger partial charge < -0.3 is 15.2 Å². The first kappa shape index (κ1) is 21.7. The zero-order valence-electron chi connectivity index (χ0n) is 16.1. The smallest absolute Gasteiger partial charge is 0.283 e. The molecule has 0 spiro atoms. The summed E-state index contributed by atoms with van der Waals surface area (Å²) < 4.78 is 64.8. The molecular formula is C20H19F4N3O3. The van der Waals surface area contributed by atoms with Gasteiger partial charge in [0.15, 0.2) is 11.9 Å². The Kier molecular flexibility index (Phi) is 6.06. The summed E-state index contributed by atoms with van der Waals surface area (Å²) in [6, 6.07) is 5.64. The third kappa shape index (κ3) is 4.13. The standard InChI is InChI=1S/C20H19F4N3O3/c1-20(17(29-2)16(18(23)24)30-19(25)27-20)12-7-10(3-5-13(12)22)8-15(28)14-6-4-11(21)9-26-14/h3-7,9,16-18H,8H2,1-2H3,(H2,25,27)/t16-,17-,20+/m0/s1. The number of alkyl halides is 2. The Morgan fingerprint density at radius 3 is 2.63 bits per heavy atom. The van der Waals surface area contributed by atoms with Gasteiger partial charge in [-0.05, 0) is 36.8 Å². The molecule has 0 radical (unpaired) electrons. The first-order chi connectivity index (χ1) is 14.2. The summed E-state index contributed by atoms with van der Waals surface area (Å²) in [5, 5.41) is 0. The van der Waals surface area contributed by atoms with Crippen LogP contribution in [-0.4, -0.2) is 42.5 Å². The molecule has 1 aliphatic heterocycles. The van der Waals surface area contributed by atoms with Crippen LogP contribution < -0.4 is 5.73 Å². The number of aromatic nitrogens is 1. The molecule has 30 heavy (non-hydrogen) atoms. The van der Waals surface area contributed by atoms with Crippen molar-refractivity contribution in [2.24, 2.45) is 10.7 Å². The molecule has 6 nitrogen and oxygen atoms in total. The fraction of sp³-hybridized carbons (Fsp3) is 0.350. The van der Waals surface area contributed by atoms with Gasteiger partial charge in [-0.25, -0.2) is 22.6 Å².